The first-order valence-electron chi connectivity index (χ1n) is 4.68. The lowest BCUT2D eigenvalue weighted by molar-refractivity contribution is 0.279. The van der Waals surface area contributed by atoms with E-state index in [0.717, 1.165) is 0 Å². The molecule has 92 valence electrons. The first-order chi connectivity index (χ1) is 7.07. The average Bonchev–Trinajstić information content (AvgIpc) is 2.23. The molecule has 1 aromatic rings. The quantitative estimate of drug-likeness (QED) is 0.512. The van der Waals surface area contributed by atoms with Gasteiger partial charge in [0.05, 0.1) is 0 Å². The molecule has 0 spiro atoms. The molecule has 0 aliphatic heterocycles. The van der Waals surface area contributed by atoms with E-state index < -0.39 is 17.5 Å². The molecule has 0 bridgehead atoms. The second-order valence-corrected chi connectivity index (χ2v) is 3.34. The normalized spacial score (nSPS) is 11.9. The van der Waals surface area contributed by atoms with Gasteiger partial charge in [0.15, 0.2) is 11.5 Å². The molecular formula is C10H16ClNO4. The fourth-order valence-corrected chi connectivity index (χ4v) is 1.35. The summed E-state index contributed by atoms with van der Waals surface area (Å²) in [5, 5.41) is 36.5. The predicted molar refractivity (Wildman–Crippen MR) is 61.9 cm³/mol. The van der Waals surface area contributed by atoms with Gasteiger partial charge in [-0.05, 0) is 25.0 Å². The number of aliphatic hydroxyl groups is 1. The van der Waals surface area contributed by atoms with Crippen LogP contribution in [0, 0.1) is 0 Å². The maximum absolute atomic E-state index is 9.50. The summed E-state index contributed by atoms with van der Waals surface area (Å²) >= 11 is 0. The molecule has 0 aliphatic carbocycles. The van der Waals surface area contributed by atoms with Crippen LogP contribution in [0.25, 0.3) is 0 Å². The number of rotatable bonds is 4. The predicted octanol–water partition coefficient (Wildman–Crippen LogP) is 0.997. The Balaban J connectivity index is 0.00000225. The number of aliphatic hydroxyl groups excluding tert-OH is 1. The zero-order chi connectivity index (χ0) is 11.4. The second-order valence-electron chi connectivity index (χ2n) is 3.34. The molecule has 5 nitrogen and oxygen atoms in total. The molecular weight excluding hydrogens is 234 g/mol. The van der Waals surface area contributed by atoms with Crippen molar-refractivity contribution in [3.8, 4) is 17.2 Å². The van der Waals surface area contributed by atoms with Crippen LogP contribution in [0.1, 0.15) is 24.4 Å². The van der Waals surface area contributed by atoms with E-state index >= 15 is 0 Å². The van der Waals surface area contributed by atoms with E-state index in [2.05, 4.69) is 0 Å². The van der Waals surface area contributed by atoms with E-state index in [0.29, 0.717) is 18.4 Å². The molecule has 0 saturated heterocycles. The van der Waals surface area contributed by atoms with Gasteiger partial charge in [0.1, 0.15) is 0 Å². The summed E-state index contributed by atoms with van der Waals surface area (Å²) in [4.78, 5) is 0. The molecule has 1 rings (SSSR count). The van der Waals surface area contributed by atoms with Gasteiger partial charge in [0.2, 0.25) is 5.75 Å². The third kappa shape index (κ3) is 3.16. The molecule has 0 aliphatic rings. The summed E-state index contributed by atoms with van der Waals surface area (Å²) in [6.45, 7) is 0.0263. The Morgan fingerprint density at radius 2 is 1.75 bits per heavy atom. The number of halogens is 1. The van der Waals surface area contributed by atoms with Crippen LogP contribution in [0.4, 0.5) is 0 Å². The van der Waals surface area contributed by atoms with Crippen molar-refractivity contribution in [1.29, 1.82) is 0 Å². The van der Waals surface area contributed by atoms with Crippen molar-refractivity contribution in [2.75, 3.05) is 6.61 Å². The van der Waals surface area contributed by atoms with Gasteiger partial charge in [-0.1, -0.05) is 0 Å². The number of phenolic OH excluding ortho intramolecular Hbond substituents is 3. The minimum atomic E-state index is -0.563. The summed E-state index contributed by atoms with van der Waals surface area (Å²) in [6, 6.07) is 2.25. The third-order valence-electron chi connectivity index (χ3n) is 2.23. The fourth-order valence-electron chi connectivity index (χ4n) is 1.35. The zero-order valence-electron chi connectivity index (χ0n) is 8.63. The zero-order valence-corrected chi connectivity index (χ0v) is 9.44. The van der Waals surface area contributed by atoms with Crippen molar-refractivity contribution in [2.45, 2.75) is 18.9 Å². The van der Waals surface area contributed by atoms with E-state index in [1.165, 1.54) is 12.1 Å². The number of hydrogen-bond donors (Lipinski definition) is 5. The van der Waals surface area contributed by atoms with E-state index in [4.69, 9.17) is 15.9 Å². The second kappa shape index (κ2) is 6.42. The van der Waals surface area contributed by atoms with E-state index in [-0.39, 0.29) is 24.8 Å². The van der Waals surface area contributed by atoms with Gasteiger partial charge >= 0.3 is 0 Å². The van der Waals surface area contributed by atoms with Crippen LogP contribution in [0.5, 0.6) is 17.2 Å². The highest BCUT2D eigenvalue weighted by molar-refractivity contribution is 5.85. The molecule has 0 saturated carbocycles. The van der Waals surface area contributed by atoms with Gasteiger partial charge in [-0.25, -0.2) is 0 Å². The van der Waals surface area contributed by atoms with Crippen molar-refractivity contribution >= 4 is 12.4 Å². The van der Waals surface area contributed by atoms with Crippen LogP contribution < -0.4 is 5.73 Å². The van der Waals surface area contributed by atoms with E-state index in [1.807, 2.05) is 0 Å². The Morgan fingerprint density at radius 3 is 2.31 bits per heavy atom. The Kier molecular flexibility index (Phi) is 5.95. The van der Waals surface area contributed by atoms with Gasteiger partial charge in [0.25, 0.3) is 0 Å². The smallest absolute Gasteiger partial charge is 0.200 e. The van der Waals surface area contributed by atoms with Crippen molar-refractivity contribution < 1.29 is 20.4 Å². The molecule has 0 fully saturated rings. The Bertz CT molecular complexity index is 346. The molecule has 16 heavy (non-hydrogen) atoms. The third-order valence-corrected chi connectivity index (χ3v) is 2.23. The highest BCUT2D eigenvalue weighted by Gasteiger charge is 2.16. The lowest BCUT2D eigenvalue weighted by Gasteiger charge is -2.14. The van der Waals surface area contributed by atoms with Crippen molar-refractivity contribution in [3.63, 3.8) is 0 Å². The summed E-state index contributed by atoms with van der Waals surface area (Å²) in [5.74, 6) is -1.35. The van der Waals surface area contributed by atoms with Gasteiger partial charge in [-0.15, -0.1) is 12.4 Å². The highest BCUT2D eigenvalue weighted by atomic mass is 35.5. The number of aromatic hydroxyl groups is 3. The molecule has 6 N–H and O–H groups in total. The lowest BCUT2D eigenvalue weighted by atomic mass is 10.0. The largest absolute Gasteiger partial charge is 0.504 e. The van der Waals surface area contributed by atoms with Crippen LogP contribution in [0.15, 0.2) is 12.1 Å². The maximum atomic E-state index is 9.50. The Labute approximate surface area is 99.6 Å². The highest BCUT2D eigenvalue weighted by Crippen LogP contribution is 2.39. The summed E-state index contributed by atoms with van der Waals surface area (Å²) < 4.78 is 0. The number of hydrogen-bond acceptors (Lipinski definition) is 5. The topological polar surface area (TPSA) is 107 Å². The number of phenols is 3. The number of benzene rings is 1. The molecule has 0 heterocycles. The maximum Gasteiger partial charge on any atom is 0.200 e. The molecule has 0 unspecified atom stereocenters. The first-order valence-corrected chi connectivity index (χ1v) is 4.68. The Hall–Kier alpha value is -1.17. The minimum Gasteiger partial charge on any atom is -0.504 e. The first kappa shape index (κ1) is 14.8. The monoisotopic (exact) mass is 249 g/mol. The summed E-state index contributed by atoms with van der Waals surface area (Å²) in [5.41, 5.74) is 6.10. The lowest BCUT2D eigenvalue weighted by Crippen LogP contribution is -2.11. The minimum absolute atomic E-state index is 0. The van der Waals surface area contributed by atoms with Gasteiger partial charge in [-0.3, -0.25) is 0 Å². The molecule has 1 atom stereocenters. The van der Waals surface area contributed by atoms with E-state index in [1.54, 1.807) is 0 Å². The SMILES string of the molecule is Cl.N[C@H](CCCO)c1ccc(O)c(O)c1O. The fraction of sp³-hybridized carbons (Fsp3) is 0.400. The van der Waals surface area contributed by atoms with Crippen LogP contribution in [0.2, 0.25) is 0 Å². The molecule has 0 amide bonds. The van der Waals surface area contributed by atoms with Gasteiger partial charge in [-0.2, -0.15) is 0 Å². The molecule has 0 radical (unpaired) electrons. The van der Waals surface area contributed by atoms with Crippen LogP contribution in [0.3, 0.4) is 0 Å². The summed E-state index contributed by atoms with van der Waals surface area (Å²) in [7, 11) is 0. The average molecular weight is 250 g/mol. The molecule has 0 aromatic heterocycles. The van der Waals surface area contributed by atoms with E-state index in [9.17, 15) is 10.2 Å². The van der Waals surface area contributed by atoms with Crippen molar-refractivity contribution in [2.24, 2.45) is 5.73 Å². The van der Waals surface area contributed by atoms with Crippen LogP contribution in [-0.4, -0.2) is 27.0 Å². The molecule has 1 aromatic carbocycles. The standard InChI is InChI=1S/C10H15NO4.ClH/c11-7(2-1-5-12)6-3-4-8(13)10(15)9(6)14;/h3-4,7,12-15H,1-2,5,11H2;1H/t7-;/m1./s1. The van der Waals surface area contributed by atoms with Crippen LogP contribution >= 0.6 is 12.4 Å². The molecule has 6 heteroatoms. The summed E-state index contributed by atoms with van der Waals surface area (Å²) in [6.07, 6.45) is 1.01. The van der Waals surface area contributed by atoms with Crippen LogP contribution in [-0.2, 0) is 0 Å². The van der Waals surface area contributed by atoms with Gasteiger partial charge in [0, 0.05) is 18.2 Å². The van der Waals surface area contributed by atoms with Gasteiger partial charge < -0.3 is 26.2 Å². The van der Waals surface area contributed by atoms with Crippen molar-refractivity contribution in [3.05, 3.63) is 17.7 Å². The van der Waals surface area contributed by atoms with Crippen molar-refractivity contribution in [1.82, 2.24) is 0 Å². The number of nitrogens with two attached hydrogens (primary N) is 1. The Morgan fingerprint density at radius 1 is 1.12 bits per heavy atom.